The lowest BCUT2D eigenvalue weighted by molar-refractivity contribution is -0.118. The summed E-state index contributed by atoms with van der Waals surface area (Å²) in [6.45, 7) is 2.73. The van der Waals surface area contributed by atoms with E-state index in [2.05, 4.69) is 12.2 Å². The molecule has 1 aliphatic rings. The number of unbranched alkanes of at least 4 members (excludes halogenated alkanes) is 1. The van der Waals surface area contributed by atoms with Gasteiger partial charge in [0.1, 0.15) is 5.75 Å². The lowest BCUT2D eigenvalue weighted by Crippen LogP contribution is -2.25. The molecular formula is C22H23NO5. The molecule has 0 saturated heterocycles. The van der Waals surface area contributed by atoms with Gasteiger partial charge in [0, 0.05) is 5.56 Å². The lowest BCUT2D eigenvalue weighted by atomic mass is 10.1. The molecule has 6 heteroatoms. The highest BCUT2D eigenvalue weighted by Gasteiger charge is 2.17. The van der Waals surface area contributed by atoms with Crippen LogP contribution in [0.2, 0.25) is 0 Å². The van der Waals surface area contributed by atoms with Crippen molar-refractivity contribution in [1.29, 1.82) is 0 Å². The predicted molar refractivity (Wildman–Crippen MR) is 107 cm³/mol. The van der Waals surface area contributed by atoms with E-state index in [9.17, 15) is 9.59 Å². The Bertz CT molecular complexity index is 904. The number of anilines is 1. The van der Waals surface area contributed by atoms with Crippen LogP contribution in [-0.2, 0) is 4.79 Å². The molecule has 1 aliphatic heterocycles. The van der Waals surface area contributed by atoms with Gasteiger partial charge in [0.15, 0.2) is 23.9 Å². The van der Waals surface area contributed by atoms with Gasteiger partial charge in [0.2, 0.25) is 0 Å². The molecule has 0 radical (unpaired) electrons. The second kappa shape index (κ2) is 9.08. The molecule has 0 spiro atoms. The number of benzene rings is 2. The number of ether oxygens (including phenoxy) is 3. The number of carbonyl (C=O) groups excluding carboxylic acids is 2. The Labute approximate surface area is 164 Å². The van der Waals surface area contributed by atoms with E-state index in [-0.39, 0.29) is 18.3 Å². The molecule has 0 saturated carbocycles. The molecular weight excluding hydrogens is 358 g/mol. The first-order valence-corrected chi connectivity index (χ1v) is 9.20. The number of hydrogen-bond donors (Lipinski definition) is 1. The van der Waals surface area contributed by atoms with Crippen molar-refractivity contribution in [2.75, 3.05) is 25.6 Å². The van der Waals surface area contributed by atoms with E-state index in [1.807, 2.05) is 18.2 Å². The molecule has 1 heterocycles. The average Bonchev–Trinajstić information content (AvgIpc) is 2.72. The van der Waals surface area contributed by atoms with Crippen molar-refractivity contribution >= 4 is 23.5 Å². The Morgan fingerprint density at radius 3 is 2.86 bits per heavy atom. The normalized spacial score (nSPS) is 12.9. The Morgan fingerprint density at radius 2 is 2.07 bits per heavy atom. The zero-order chi connectivity index (χ0) is 19.9. The number of amides is 1. The molecule has 28 heavy (non-hydrogen) atoms. The van der Waals surface area contributed by atoms with Crippen molar-refractivity contribution in [1.82, 2.24) is 0 Å². The number of allylic oxidation sites excluding steroid dienone is 1. The molecule has 0 fully saturated rings. The fourth-order valence-electron chi connectivity index (χ4n) is 2.74. The first kappa shape index (κ1) is 19.5. The average molecular weight is 381 g/mol. The number of fused-ring (bicyclic) bond motifs is 1. The third-order valence-electron chi connectivity index (χ3n) is 4.27. The monoisotopic (exact) mass is 381 g/mol. The molecule has 2 aromatic carbocycles. The minimum Gasteiger partial charge on any atom is -0.493 e. The van der Waals surface area contributed by atoms with Gasteiger partial charge < -0.3 is 19.5 Å². The maximum Gasteiger partial charge on any atom is 0.262 e. The van der Waals surface area contributed by atoms with Crippen LogP contribution in [0.1, 0.15) is 35.7 Å². The fraction of sp³-hybridized carbons (Fsp3) is 0.273. The first-order chi connectivity index (χ1) is 13.6. The van der Waals surface area contributed by atoms with Crippen LogP contribution in [0.25, 0.3) is 6.08 Å². The summed E-state index contributed by atoms with van der Waals surface area (Å²) in [5, 5.41) is 2.70. The molecule has 0 aromatic heterocycles. The predicted octanol–water partition coefficient (Wildman–Crippen LogP) is 4.10. The van der Waals surface area contributed by atoms with Gasteiger partial charge in [-0.05, 0) is 48.4 Å². The molecule has 0 aliphatic carbocycles. The standard InChI is InChI=1S/C22H23NO5/c1-3-4-11-27-20-9-6-15(12-21(20)26-2)5-8-18(24)16-7-10-19-17(13-16)23-22(25)14-28-19/h5-10,12-13H,3-4,11,14H2,1-2H3,(H,23,25)/b8-5+. The van der Waals surface area contributed by atoms with Crippen LogP contribution in [0, 0.1) is 0 Å². The number of rotatable bonds is 8. The molecule has 6 nitrogen and oxygen atoms in total. The SMILES string of the molecule is CCCCOc1ccc(/C=C/C(=O)c2ccc3c(c2)NC(=O)CO3)cc1OC. The van der Waals surface area contributed by atoms with Crippen LogP contribution >= 0.6 is 0 Å². The van der Waals surface area contributed by atoms with Crippen LogP contribution in [0.5, 0.6) is 17.2 Å². The zero-order valence-electron chi connectivity index (χ0n) is 16.0. The highest BCUT2D eigenvalue weighted by molar-refractivity contribution is 6.08. The van der Waals surface area contributed by atoms with Gasteiger partial charge in [-0.1, -0.05) is 25.5 Å². The highest BCUT2D eigenvalue weighted by atomic mass is 16.5. The number of nitrogens with one attached hydrogen (secondary N) is 1. The molecule has 0 atom stereocenters. The van der Waals surface area contributed by atoms with E-state index in [4.69, 9.17) is 14.2 Å². The maximum absolute atomic E-state index is 12.5. The van der Waals surface area contributed by atoms with Crippen molar-refractivity contribution in [2.24, 2.45) is 0 Å². The molecule has 1 N–H and O–H groups in total. The Kier molecular flexibility index (Phi) is 6.32. The molecule has 1 amide bonds. The quantitative estimate of drug-likeness (QED) is 0.423. The molecule has 2 aromatic rings. The van der Waals surface area contributed by atoms with E-state index in [1.165, 1.54) is 6.08 Å². The largest absolute Gasteiger partial charge is 0.493 e. The highest BCUT2D eigenvalue weighted by Crippen LogP contribution is 2.30. The van der Waals surface area contributed by atoms with E-state index in [0.29, 0.717) is 35.1 Å². The number of ketones is 1. The third kappa shape index (κ3) is 4.71. The van der Waals surface area contributed by atoms with Crippen molar-refractivity contribution in [3.8, 4) is 17.2 Å². The van der Waals surface area contributed by atoms with Gasteiger partial charge in [0.05, 0.1) is 19.4 Å². The minimum absolute atomic E-state index is 0.0137. The van der Waals surface area contributed by atoms with Gasteiger partial charge in [-0.2, -0.15) is 0 Å². The molecule has 0 unspecified atom stereocenters. The van der Waals surface area contributed by atoms with E-state index < -0.39 is 0 Å². The van der Waals surface area contributed by atoms with Gasteiger partial charge in [-0.15, -0.1) is 0 Å². The molecule has 0 bridgehead atoms. The number of methoxy groups -OCH3 is 1. The van der Waals surface area contributed by atoms with Crippen LogP contribution in [0.4, 0.5) is 5.69 Å². The second-order valence-corrected chi connectivity index (χ2v) is 6.36. The third-order valence-corrected chi connectivity index (χ3v) is 4.27. The van der Waals surface area contributed by atoms with Gasteiger partial charge >= 0.3 is 0 Å². The molecule has 3 rings (SSSR count). The summed E-state index contributed by atoms with van der Waals surface area (Å²) in [5.41, 5.74) is 1.79. The summed E-state index contributed by atoms with van der Waals surface area (Å²) in [6, 6.07) is 10.5. The Morgan fingerprint density at radius 1 is 1.21 bits per heavy atom. The zero-order valence-corrected chi connectivity index (χ0v) is 16.0. The van der Waals surface area contributed by atoms with Crippen LogP contribution in [0.3, 0.4) is 0 Å². The van der Waals surface area contributed by atoms with E-state index in [1.54, 1.807) is 31.4 Å². The van der Waals surface area contributed by atoms with E-state index in [0.717, 1.165) is 18.4 Å². The van der Waals surface area contributed by atoms with Crippen molar-refractivity contribution in [3.63, 3.8) is 0 Å². The number of carbonyl (C=O) groups is 2. The maximum atomic E-state index is 12.5. The van der Waals surface area contributed by atoms with Gasteiger partial charge in [-0.3, -0.25) is 9.59 Å². The van der Waals surface area contributed by atoms with Gasteiger partial charge in [-0.25, -0.2) is 0 Å². The van der Waals surface area contributed by atoms with Crippen molar-refractivity contribution in [3.05, 3.63) is 53.6 Å². The smallest absolute Gasteiger partial charge is 0.262 e. The second-order valence-electron chi connectivity index (χ2n) is 6.36. The molecule has 146 valence electrons. The summed E-state index contributed by atoms with van der Waals surface area (Å²) in [6.07, 6.45) is 5.24. The van der Waals surface area contributed by atoms with Crippen molar-refractivity contribution < 1.29 is 23.8 Å². The van der Waals surface area contributed by atoms with Crippen LogP contribution < -0.4 is 19.5 Å². The van der Waals surface area contributed by atoms with Crippen molar-refractivity contribution in [2.45, 2.75) is 19.8 Å². The minimum atomic E-state index is -0.235. The van der Waals surface area contributed by atoms with E-state index >= 15 is 0 Å². The summed E-state index contributed by atoms with van der Waals surface area (Å²) >= 11 is 0. The summed E-state index contributed by atoms with van der Waals surface area (Å²) in [5.74, 6) is 1.46. The Balaban J connectivity index is 1.71. The Hall–Kier alpha value is -3.28. The topological polar surface area (TPSA) is 73.9 Å². The van der Waals surface area contributed by atoms with Crippen LogP contribution in [0.15, 0.2) is 42.5 Å². The summed E-state index contributed by atoms with van der Waals surface area (Å²) < 4.78 is 16.4. The van der Waals surface area contributed by atoms with Gasteiger partial charge in [0.25, 0.3) is 5.91 Å². The first-order valence-electron chi connectivity index (χ1n) is 9.20. The summed E-state index contributed by atoms with van der Waals surface area (Å²) in [4.78, 5) is 23.9. The number of hydrogen-bond acceptors (Lipinski definition) is 5. The lowest BCUT2D eigenvalue weighted by Gasteiger charge is -2.17. The van der Waals surface area contributed by atoms with Crippen LogP contribution in [-0.4, -0.2) is 32.0 Å². The fourth-order valence-corrected chi connectivity index (χ4v) is 2.74. The summed E-state index contributed by atoms with van der Waals surface area (Å²) in [7, 11) is 1.59.